The van der Waals surface area contributed by atoms with E-state index in [0.29, 0.717) is 6.54 Å². The number of carbonyl (C=O) groups excluding carboxylic acids is 1. The molecule has 6 heteroatoms. The maximum absolute atomic E-state index is 11.4. The van der Waals surface area contributed by atoms with E-state index in [2.05, 4.69) is 5.32 Å². The summed E-state index contributed by atoms with van der Waals surface area (Å²) in [5.41, 5.74) is 2.83. The molecule has 1 aliphatic rings. The number of hydrogen-bond acceptors (Lipinski definition) is 4. The SMILES string of the molecule is CC(=O)NCC(=Cc1cc(CO)ccc1C)B1OC(C)(C)C(C)(C)O1. The highest BCUT2D eigenvalue weighted by molar-refractivity contribution is 6.56. The van der Waals surface area contributed by atoms with Crippen molar-refractivity contribution < 1.29 is 19.2 Å². The van der Waals surface area contributed by atoms with Crippen LogP contribution in [0.3, 0.4) is 0 Å². The first-order valence-corrected chi connectivity index (χ1v) is 8.56. The van der Waals surface area contributed by atoms with E-state index in [9.17, 15) is 9.90 Å². The Bertz CT molecular complexity index is 666. The summed E-state index contributed by atoms with van der Waals surface area (Å²) in [6.45, 7) is 11.8. The summed E-state index contributed by atoms with van der Waals surface area (Å²) in [5, 5.41) is 12.2. The van der Waals surface area contributed by atoms with Gasteiger partial charge >= 0.3 is 7.12 Å². The second kappa shape index (κ2) is 7.32. The van der Waals surface area contributed by atoms with Gasteiger partial charge in [0.05, 0.1) is 17.8 Å². The highest BCUT2D eigenvalue weighted by atomic mass is 16.7. The number of hydrogen-bond donors (Lipinski definition) is 2. The van der Waals surface area contributed by atoms with Gasteiger partial charge in [-0.2, -0.15) is 0 Å². The van der Waals surface area contributed by atoms with Crippen molar-refractivity contribution in [2.45, 2.75) is 59.4 Å². The zero-order valence-corrected chi connectivity index (χ0v) is 16.0. The summed E-state index contributed by atoms with van der Waals surface area (Å²) in [5.74, 6) is -0.108. The zero-order chi connectivity index (χ0) is 18.8. The van der Waals surface area contributed by atoms with Gasteiger partial charge in [-0.3, -0.25) is 4.79 Å². The highest BCUT2D eigenvalue weighted by Gasteiger charge is 2.52. The minimum atomic E-state index is -0.533. The topological polar surface area (TPSA) is 67.8 Å². The van der Waals surface area contributed by atoms with E-state index in [-0.39, 0.29) is 12.5 Å². The lowest BCUT2D eigenvalue weighted by molar-refractivity contribution is -0.118. The minimum absolute atomic E-state index is 0.0152. The van der Waals surface area contributed by atoms with Crippen LogP contribution in [0, 0.1) is 6.92 Å². The summed E-state index contributed by atoms with van der Waals surface area (Å²) in [6, 6.07) is 5.81. The van der Waals surface area contributed by atoms with Gasteiger partial charge in [-0.15, -0.1) is 0 Å². The number of rotatable bonds is 5. The van der Waals surface area contributed by atoms with E-state index in [4.69, 9.17) is 9.31 Å². The molecule has 0 radical (unpaired) electrons. The van der Waals surface area contributed by atoms with Crippen molar-refractivity contribution in [1.82, 2.24) is 5.32 Å². The molecule has 0 atom stereocenters. The number of aryl methyl sites for hydroxylation is 1. The molecule has 1 saturated heterocycles. The first kappa shape index (κ1) is 19.7. The zero-order valence-electron chi connectivity index (χ0n) is 16.0. The predicted molar refractivity (Wildman–Crippen MR) is 99.8 cm³/mol. The molecular weight excluding hydrogens is 317 g/mol. The fourth-order valence-corrected chi connectivity index (χ4v) is 2.57. The Balaban J connectivity index is 2.38. The molecule has 2 N–H and O–H groups in total. The number of nitrogens with one attached hydrogen (secondary N) is 1. The average Bonchev–Trinajstić information content (AvgIpc) is 2.73. The molecule has 0 unspecified atom stereocenters. The lowest BCUT2D eigenvalue weighted by Crippen LogP contribution is -2.41. The summed E-state index contributed by atoms with van der Waals surface area (Å²) in [4.78, 5) is 11.4. The number of aliphatic hydroxyl groups is 1. The Hall–Kier alpha value is -1.63. The van der Waals surface area contributed by atoms with Gasteiger partial charge in [-0.1, -0.05) is 18.2 Å². The molecule has 136 valence electrons. The second-order valence-electron chi connectivity index (χ2n) is 7.57. The maximum Gasteiger partial charge on any atom is 0.492 e. The van der Waals surface area contributed by atoms with Crippen LogP contribution in [0.1, 0.15) is 51.3 Å². The molecule has 25 heavy (non-hydrogen) atoms. The molecule has 2 rings (SSSR count). The van der Waals surface area contributed by atoms with Crippen LogP contribution in [0.4, 0.5) is 0 Å². The van der Waals surface area contributed by atoms with Crippen LogP contribution in [-0.2, 0) is 20.7 Å². The van der Waals surface area contributed by atoms with Gasteiger partial charge in [0.15, 0.2) is 0 Å². The largest absolute Gasteiger partial charge is 0.492 e. The fraction of sp³-hybridized carbons (Fsp3) is 0.526. The Morgan fingerprint density at radius 1 is 1.24 bits per heavy atom. The third kappa shape index (κ3) is 4.51. The minimum Gasteiger partial charge on any atom is -0.400 e. The first-order chi connectivity index (χ1) is 11.6. The van der Waals surface area contributed by atoms with Crippen molar-refractivity contribution in [2.24, 2.45) is 0 Å². The summed E-state index contributed by atoms with van der Waals surface area (Å²) >= 11 is 0. The summed E-state index contributed by atoms with van der Waals surface area (Å²) in [6.07, 6.45) is 1.98. The van der Waals surface area contributed by atoms with E-state index in [1.165, 1.54) is 6.92 Å². The molecule has 0 bridgehead atoms. The third-order valence-electron chi connectivity index (χ3n) is 4.96. The van der Waals surface area contributed by atoms with E-state index in [1.807, 2.05) is 58.9 Å². The lowest BCUT2D eigenvalue weighted by Gasteiger charge is -2.32. The Kier molecular flexibility index (Phi) is 5.77. The van der Waals surface area contributed by atoms with Crippen molar-refractivity contribution in [3.8, 4) is 0 Å². The number of aliphatic hydroxyl groups excluding tert-OH is 1. The molecule has 1 amide bonds. The van der Waals surface area contributed by atoms with Crippen molar-refractivity contribution in [2.75, 3.05) is 6.54 Å². The molecule has 0 spiro atoms. The van der Waals surface area contributed by atoms with Gasteiger partial charge in [0.25, 0.3) is 0 Å². The molecular formula is C19H28BNO4. The highest BCUT2D eigenvalue weighted by Crippen LogP contribution is 2.38. The molecule has 1 aromatic rings. The molecule has 1 fully saturated rings. The third-order valence-corrected chi connectivity index (χ3v) is 4.96. The summed E-state index contributed by atoms with van der Waals surface area (Å²) in [7, 11) is -0.533. The van der Waals surface area contributed by atoms with Crippen molar-refractivity contribution in [3.63, 3.8) is 0 Å². The quantitative estimate of drug-likeness (QED) is 0.805. The smallest absolute Gasteiger partial charge is 0.400 e. The molecule has 1 heterocycles. The van der Waals surface area contributed by atoms with Crippen LogP contribution in [-0.4, -0.2) is 35.9 Å². The molecule has 0 saturated carbocycles. The average molecular weight is 345 g/mol. The normalized spacial score (nSPS) is 19.2. The maximum atomic E-state index is 11.4. The standard InChI is InChI=1S/C19H28BNO4/c1-13-7-8-15(12-22)9-16(13)10-17(11-21-14(2)23)20-24-18(3,4)19(5,6)25-20/h7-10,22H,11-12H2,1-6H3,(H,21,23). The monoisotopic (exact) mass is 345 g/mol. The van der Waals surface area contributed by atoms with E-state index in [1.54, 1.807) is 0 Å². The van der Waals surface area contributed by atoms with Crippen LogP contribution in [0.5, 0.6) is 0 Å². The molecule has 5 nitrogen and oxygen atoms in total. The Morgan fingerprint density at radius 3 is 2.36 bits per heavy atom. The van der Waals surface area contributed by atoms with E-state index < -0.39 is 18.3 Å². The Morgan fingerprint density at radius 2 is 1.84 bits per heavy atom. The van der Waals surface area contributed by atoms with Crippen LogP contribution in [0.25, 0.3) is 6.08 Å². The number of benzene rings is 1. The van der Waals surface area contributed by atoms with Crippen molar-refractivity contribution in [3.05, 3.63) is 40.4 Å². The molecule has 1 aliphatic heterocycles. The van der Waals surface area contributed by atoms with Gasteiger partial charge in [-0.25, -0.2) is 0 Å². The van der Waals surface area contributed by atoms with Crippen molar-refractivity contribution in [1.29, 1.82) is 0 Å². The van der Waals surface area contributed by atoms with Gasteiger partial charge in [0, 0.05) is 13.5 Å². The second-order valence-corrected chi connectivity index (χ2v) is 7.57. The number of carbonyl (C=O) groups is 1. The summed E-state index contributed by atoms with van der Waals surface area (Å²) < 4.78 is 12.3. The Labute approximate surface area is 150 Å². The van der Waals surface area contributed by atoms with Crippen LogP contribution >= 0.6 is 0 Å². The molecule has 0 aliphatic carbocycles. The lowest BCUT2D eigenvalue weighted by atomic mass is 9.76. The van der Waals surface area contributed by atoms with Gasteiger partial charge in [0.1, 0.15) is 0 Å². The van der Waals surface area contributed by atoms with Gasteiger partial charge in [0.2, 0.25) is 5.91 Å². The van der Waals surface area contributed by atoms with Crippen LogP contribution < -0.4 is 5.32 Å². The fourth-order valence-electron chi connectivity index (χ4n) is 2.57. The number of amides is 1. The van der Waals surface area contributed by atoms with Crippen LogP contribution in [0.15, 0.2) is 23.7 Å². The van der Waals surface area contributed by atoms with E-state index >= 15 is 0 Å². The predicted octanol–water partition coefficient (Wildman–Crippen LogP) is 2.64. The first-order valence-electron chi connectivity index (χ1n) is 8.56. The van der Waals surface area contributed by atoms with Gasteiger partial charge in [-0.05, 0) is 62.8 Å². The van der Waals surface area contributed by atoms with Crippen LogP contribution in [0.2, 0.25) is 0 Å². The van der Waals surface area contributed by atoms with E-state index in [0.717, 1.165) is 22.2 Å². The molecule has 1 aromatic carbocycles. The van der Waals surface area contributed by atoms with Gasteiger partial charge < -0.3 is 19.7 Å². The molecule has 0 aromatic heterocycles. The van der Waals surface area contributed by atoms with Crippen molar-refractivity contribution >= 4 is 19.1 Å².